The van der Waals surface area contributed by atoms with Crippen LogP contribution in [0.1, 0.15) is 0 Å². The smallest absolute Gasteiger partial charge is 0.229 e. The van der Waals surface area contributed by atoms with Crippen molar-refractivity contribution in [3.05, 3.63) is 79.4 Å². The summed E-state index contributed by atoms with van der Waals surface area (Å²) in [6.45, 7) is 0. The van der Waals surface area contributed by atoms with Crippen LogP contribution in [0.3, 0.4) is 0 Å². The molecular formula is C20H14N6. The molecule has 0 fully saturated rings. The SMILES string of the molecule is c1ccc(-n2cnc3cnc(Nc4ccc5ncccc5c4)nc32)cc1. The molecule has 0 spiro atoms. The second-order valence-electron chi connectivity index (χ2n) is 5.89. The van der Waals surface area contributed by atoms with E-state index in [0.717, 1.165) is 33.4 Å². The molecular weight excluding hydrogens is 324 g/mol. The van der Waals surface area contributed by atoms with E-state index in [0.29, 0.717) is 5.95 Å². The molecule has 0 radical (unpaired) electrons. The number of rotatable bonds is 3. The van der Waals surface area contributed by atoms with E-state index in [1.54, 1.807) is 18.7 Å². The summed E-state index contributed by atoms with van der Waals surface area (Å²) in [5.74, 6) is 0.526. The minimum absolute atomic E-state index is 0.526. The second-order valence-corrected chi connectivity index (χ2v) is 5.89. The molecule has 1 N–H and O–H groups in total. The largest absolute Gasteiger partial charge is 0.324 e. The van der Waals surface area contributed by atoms with Gasteiger partial charge >= 0.3 is 0 Å². The molecule has 26 heavy (non-hydrogen) atoms. The Labute approximate surface area is 149 Å². The molecule has 124 valence electrons. The Balaban J connectivity index is 1.54. The molecule has 6 nitrogen and oxygen atoms in total. The molecule has 0 aliphatic rings. The number of anilines is 2. The Morgan fingerprint density at radius 1 is 0.808 bits per heavy atom. The van der Waals surface area contributed by atoms with E-state index in [-0.39, 0.29) is 0 Å². The van der Waals surface area contributed by atoms with Gasteiger partial charge in [-0.05, 0) is 36.4 Å². The van der Waals surface area contributed by atoms with Gasteiger partial charge in [0.05, 0.1) is 11.7 Å². The van der Waals surface area contributed by atoms with Crippen molar-refractivity contribution in [3.63, 3.8) is 0 Å². The maximum absolute atomic E-state index is 4.65. The van der Waals surface area contributed by atoms with Crippen LogP contribution in [0.25, 0.3) is 27.8 Å². The highest BCUT2D eigenvalue weighted by Gasteiger charge is 2.08. The highest BCUT2D eigenvalue weighted by Crippen LogP contribution is 2.21. The van der Waals surface area contributed by atoms with E-state index < -0.39 is 0 Å². The molecule has 3 aromatic heterocycles. The van der Waals surface area contributed by atoms with Crippen molar-refractivity contribution < 1.29 is 0 Å². The summed E-state index contributed by atoms with van der Waals surface area (Å²) in [6, 6.07) is 19.9. The summed E-state index contributed by atoms with van der Waals surface area (Å²) in [4.78, 5) is 17.7. The fourth-order valence-electron chi connectivity index (χ4n) is 2.93. The van der Waals surface area contributed by atoms with Crippen molar-refractivity contribution in [1.82, 2.24) is 24.5 Å². The quantitative estimate of drug-likeness (QED) is 0.536. The minimum atomic E-state index is 0.526. The van der Waals surface area contributed by atoms with Crippen LogP contribution in [-0.2, 0) is 0 Å². The van der Waals surface area contributed by atoms with Gasteiger partial charge in [0.15, 0.2) is 5.65 Å². The molecule has 0 aliphatic heterocycles. The van der Waals surface area contributed by atoms with Gasteiger partial charge in [0.1, 0.15) is 11.8 Å². The van der Waals surface area contributed by atoms with E-state index >= 15 is 0 Å². The van der Waals surface area contributed by atoms with Crippen molar-refractivity contribution in [1.29, 1.82) is 0 Å². The predicted octanol–water partition coefficient (Wildman–Crippen LogP) is 4.11. The van der Waals surface area contributed by atoms with Crippen LogP contribution in [0.5, 0.6) is 0 Å². The minimum Gasteiger partial charge on any atom is -0.324 e. The lowest BCUT2D eigenvalue weighted by Crippen LogP contribution is -1.99. The Hall–Kier alpha value is -3.80. The van der Waals surface area contributed by atoms with Gasteiger partial charge in [-0.2, -0.15) is 4.98 Å². The first-order valence-corrected chi connectivity index (χ1v) is 8.24. The van der Waals surface area contributed by atoms with Crippen LogP contribution in [0, 0.1) is 0 Å². The normalized spacial score (nSPS) is 11.1. The lowest BCUT2D eigenvalue weighted by Gasteiger charge is -2.07. The van der Waals surface area contributed by atoms with Crippen LogP contribution >= 0.6 is 0 Å². The molecule has 6 heteroatoms. The Kier molecular flexibility index (Phi) is 3.31. The van der Waals surface area contributed by atoms with Gasteiger partial charge in [-0.25, -0.2) is 9.97 Å². The lowest BCUT2D eigenvalue weighted by atomic mass is 10.2. The van der Waals surface area contributed by atoms with Gasteiger partial charge in [-0.1, -0.05) is 24.3 Å². The number of hydrogen-bond donors (Lipinski definition) is 1. The average molecular weight is 338 g/mol. The number of hydrogen-bond acceptors (Lipinski definition) is 5. The van der Waals surface area contributed by atoms with Gasteiger partial charge in [-0.15, -0.1) is 0 Å². The zero-order chi connectivity index (χ0) is 17.3. The van der Waals surface area contributed by atoms with Crippen LogP contribution < -0.4 is 5.32 Å². The molecule has 0 unspecified atom stereocenters. The summed E-state index contributed by atoms with van der Waals surface area (Å²) < 4.78 is 1.95. The number of fused-ring (bicyclic) bond motifs is 2. The fourth-order valence-corrected chi connectivity index (χ4v) is 2.93. The van der Waals surface area contributed by atoms with Crippen LogP contribution in [0.2, 0.25) is 0 Å². The number of benzene rings is 2. The monoisotopic (exact) mass is 338 g/mol. The number of imidazole rings is 1. The van der Waals surface area contributed by atoms with Crippen molar-refractivity contribution in [2.75, 3.05) is 5.32 Å². The van der Waals surface area contributed by atoms with Gasteiger partial charge in [0.2, 0.25) is 5.95 Å². The maximum atomic E-state index is 4.65. The average Bonchev–Trinajstić information content (AvgIpc) is 3.12. The first-order valence-electron chi connectivity index (χ1n) is 8.24. The molecule has 0 atom stereocenters. The van der Waals surface area contributed by atoms with Gasteiger partial charge in [0.25, 0.3) is 0 Å². The molecule has 0 aliphatic carbocycles. The first-order chi connectivity index (χ1) is 12.9. The van der Waals surface area contributed by atoms with E-state index in [2.05, 4.69) is 25.3 Å². The highest BCUT2D eigenvalue weighted by atomic mass is 15.2. The fraction of sp³-hybridized carbons (Fsp3) is 0. The predicted molar refractivity (Wildman–Crippen MR) is 102 cm³/mol. The number of nitrogens with zero attached hydrogens (tertiary/aromatic N) is 5. The maximum Gasteiger partial charge on any atom is 0.229 e. The zero-order valence-electron chi connectivity index (χ0n) is 13.7. The summed E-state index contributed by atoms with van der Waals surface area (Å²) in [5, 5.41) is 4.33. The number of nitrogens with one attached hydrogen (secondary N) is 1. The molecule has 2 aromatic carbocycles. The summed E-state index contributed by atoms with van der Waals surface area (Å²) in [7, 11) is 0. The van der Waals surface area contributed by atoms with E-state index in [4.69, 9.17) is 0 Å². The Morgan fingerprint density at radius 2 is 1.73 bits per heavy atom. The van der Waals surface area contributed by atoms with E-state index in [1.807, 2.05) is 65.2 Å². The van der Waals surface area contributed by atoms with Gasteiger partial charge < -0.3 is 5.32 Å². The Bertz CT molecular complexity index is 1210. The molecule has 0 saturated carbocycles. The summed E-state index contributed by atoms with van der Waals surface area (Å²) >= 11 is 0. The Morgan fingerprint density at radius 3 is 2.65 bits per heavy atom. The van der Waals surface area contributed by atoms with Crippen molar-refractivity contribution in [2.24, 2.45) is 0 Å². The third-order valence-corrected chi connectivity index (χ3v) is 4.18. The van der Waals surface area contributed by atoms with Crippen molar-refractivity contribution in [3.8, 4) is 5.69 Å². The molecule has 5 aromatic rings. The molecule has 3 heterocycles. The summed E-state index contributed by atoms with van der Waals surface area (Å²) in [6.07, 6.45) is 5.28. The first kappa shape index (κ1) is 14.5. The van der Waals surface area contributed by atoms with Crippen molar-refractivity contribution >= 4 is 33.7 Å². The topological polar surface area (TPSA) is 68.5 Å². The number of pyridine rings is 1. The molecule has 0 saturated heterocycles. The van der Waals surface area contributed by atoms with Crippen LogP contribution in [-0.4, -0.2) is 24.5 Å². The van der Waals surface area contributed by atoms with Gasteiger partial charge in [-0.3, -0.25) is 9.55 Å². The van der Waals surface area contributed by atoms with Crippen molar-refractivity contribution in [2.45, 2.75) is 0 Å². The van der Waals surface area contributed by atoms with Gasteiger partial charge in [0, 0.05) is 23.0 Å². The second kappa shape index (κ2) is 5.93. The van der Waals surface area contributed by atoms with E-state index in [1.165, 1.54) is 0 Å². The number of para-hydroxylation sites is 1. The molecule has 0 amide bonds. The standard InChI is InChI=1S/C20H14N6/c1-2-6-16(7-3-1)26-13-23-18-12-22-20(25-19(18)26)24-15-8-9-17-14(11-15)5-4-10-21-17/h1-13H,(H,22,24,25). The summed E-state index contributed by atoms with van der Waals surface area (Å²) in [5.41, 5.74) is 4.39. The molecule has 0 bridgehead atoms. The number of aromatic nitrogens is 5. The third kappa shape index (κ3) is 2.53. The molecule has 5 rings (SSSR count). The third-order valence-electron chi connectivity index (χ3n) is 4.18. The van der Waals surface area contributed by atoms with E-state index in [9.17, 15) is 0 Å². The zero-order valence-corrected chi connectivity index (χ0v) is 13.7. The van der Waals surface area contributed by atoms with Crippen LogP contribution in [0.15, 0.2) is 79.4 Å². The lowest BCUT2D eigenvalue weighted by molar-refractivity contribution is 1.06. The highest BCUT2D eigenvalue weighted by molar-refractivity contribution is 5.83. The van der Waals surface area contributed by atoms with Crippen LogP contribution in [0.4, 0.5) is 11.6 Å².